The Balaban J connectivity index is 1.56. The third-order valence-electron chi connectivity index (χ3n) is 6.57. The molecule has 0 saturated carbocycles. The zero-order valence-electron chi connectivity index (χ0n) is 21.4. The Morgan fingerprint density at radius 1 is 1.18 bits per heavy atom. The Labute approximate surface area is 230 Å². The Bertz CT molecular complexity index is 961. The second kappa shape index (κ2) is 14.6. The molecule has 0 bridgehead atoms. The largest absolute Gasteiger partial charge is 0.480 e. The fourth-order valence-electron chi connectivity index (χ4n) is 4.63. The first-order chi connectivity index (χ1) is 18.2. The number of nitrogens with one attached hydrogen (secondary N) is 1. The number of benzene rings is 1. The number of aliphatic carboxylic acids is 1. The molecule has 1 spiro atoms. The molecule has 0 aromatic heterocycles. The summed E-state index contributed by atoms with van der Waals surface area (Å²) in [6.45, 7) is 2.18. The summed E-state index contributed by atoms with van der Waals surface area (Å²) in [5, 5.41) is 22.1. The highest BCUT2D eigenvalue weighted by Gasteiger charge is 2.52. The minimum atomic E-state index is -1.03. The lowest BCUT2D eigenvalue weighted by Crippen LogP contribution is -2.53. The Morgan fingerprint density at radius 2 is 1.87 bits per heavy atom. The number of esters is 1. The molecular formula is C25H35N3O8S2. The third-order valence-corrected chi connectivity index (χ3v) is 10.0. The molecule has 2 heterocycles. The van der Waals surface area contributed by atoms with Crippen LogP contribution in [0.15, 0.2) is 30.3 Å². The van der Waals surface area contributed by atoms with Gasteiger partial charge in [0, 0.05) is 24.5 Å². The number of amides is 1. The number of nitrogens with zero attached hydrogens (tertiary/aromatic N) is 2. The summed E-state index contributed by atoms with van der Waals surface area (Å²) in [6, 6.07) is 7.12. The molecule has 38 heavy (non-hydrogen) atoms. The van der Waals surface area contributed by atoms with E-state index in [2.05, 4.69) is 10.2 Å². The Kier molecular flexibility index (Phi) is 11.5. The zero-order valence-corrected chi connectivity index (χ0v) is 23.0. The molecule has 2 N–H and O–H groups in total. The molecule has 11 nitrogen and oxygen atoms in total. The van der Waals surface area contributed by atoms with E-state index in [9.17, 15) is 29.6 Å². The molecule has 210 valence electrons. The number of ether oxygens (including phenoxy) is 1. The molecule has 2 aliphatic rings. The van der Waals surface area contributed by atoms with Crippen LogP contribution in [-0.4, -0.2) is 86.4 Å². The van der Waals surface area contributed by atoms with Gasteiger partial charge in [0.1, 0.15) is 12.1 Å². The van der Waals surface area contributed by atoms with Gasteiger partial charge in [-0.25, -0.2) is 4.79 Å². The molecule has 3 atom stereocenters. The number of carbonyl (C=O) groups is 3. The number of hydrogen-bond donors (Lipinski definition) is 2. The van der Waals surface area contributed by atoms with Crippen molar-refractivity contribution in [3.8, 4) is 0 Å². The number of thioether (sulfide) groups is 2. The number of unbranched alkanes of at least 4 members (excludes halogenated alkanes) is 2. The quantitative estimate of drug-likeness (QED) is 0.139. The van der Waals surface area contributed by atoms with Crippen molar-refractivity contribution in [1.82, 2.24) is 10.2 Å². The Hall–Kier alpha value is -2.51. The maximum absolute atomic E-state index is 13.5. The van der Waals surface area contributed by atoms with Crippen molar-refractivity contribution in [2.75, 3.05) is 31.3 Å². The first kappa shape index (κ1) is 30.0. The van der Waals surface area contributed by atoms with E-state index < -0.39 is 35.2 Å². The summed E-state index contributed by atoms with van der Waals surface area (Å²) in [7, 11) is 0. The van der Waals surface area contributed by atoms with Crippen LogP contribution in [0.25, 0.3) is 0 Å². The van der Waals surface area contributed by atoms with E-state index in [1.165, 1.54) is 0 Å². The second-order valence-electron chi connectivity index (χ2n) is 9.38. The number of rotatable bonds is 15. The van der Waals surface area contributed by atoms with Gasteiger partial charge < -0.3 is 19.6 Å². The van der Waals surface area contributed by atoms with Gasteiger partial charge in [-0.05, 0) is 44.6 Å². The van der Waals surface area contributed by atoms with Crippen molar-refractivity contribution in [1.29, 1.82) is 0 Å². The van der Waals surface area contributed by atoms with Crippen LogP contribution < -0.4 is 5.32 Å². The average Bonchev–Trinajstić information content (AvgIpc) is 3.52. The highest BCUT2D eigenvalue weighted by Crippen LogP contribution is 2.52. The van der Waals surface area contributed by atoms with Crippen LogP contribution in [-0.2, 0) is 30.4 Å². The van der Waals surface area contributed by atoms with E-state index in [-0.39, 0.29) is 23.2 Å². The predicted octanol–water partition coefficient (Wildman–Crippen LogP) is 2.75. The lowest BCUT2D eigenvalue weighted by Gasteiger charge is -2.28. The standard InChI is InChI=1S/C25H35N3O8S2/c1-18(26-20(23(30)31)11-10-19-8-4-2-5-9-19)22(29)27-17-25(37-14-15-38-25)16-21(27)24(32)35-12-6-3-7-13-36-28(33)34/h2,4-5,8-9,18,20-21,26H,3,6-7,10-17H2,1H3,(H,30,31). The topological polar surface area (TPSA) is 148 Å². The first-order valence-corrected chi connectivity index (χ1v) is 14.7. The monoisotopic (exact) mass is 569 g/mol. The smallest absolute Gasteiger partial charge is 0.328 e. The molecule has 0 radical (unpaired) electrons. The molecule has 3 rings (SSSR count). The predicted molar refractivity (Wildman–Crippen MR) is 144 cm³/mol. The van der Waals surface area contributed by atoms with Gasteiger partial charge >= 0.3 is 11.9 Å². The minimum Gasteiger partial charge on any atom is -0.480 e. The first-order valence-electron chi connectivity index (χ1n) is 12.8. The van der Waals surface area contributed by atoms with Gasteiger partial charge in [-0.2, -0.15) is 0 Å². The number of hydrogen-bond acceptors (Lipinski definition) is 10. The number of carboxylic acid groups (broad SMARTS) is 1. The van der Waals surface area contributed by atoms with E-state index in [1.54, 1.807) is 35.3 Å². The lowest BCUT2D eigenvalue weighted by atomic mass is 10.0. The molecule has 2 saturated heterocycles. The van der Waals surface area contributed by atoms with Gasteiger partial charge in [0.15, 0.2) is 0 Å². The van der Waals surface area contributed by atoms with Crippen molar-refractivity contribution in [2.24, 2.45) is 0 Å². The summed E-state index contributed by atoms with van der Waals surface area (Å²) < 4.78 is 5.22. The van der Waals surface area contributed by atoms with Crippen LogP contribution in [0.1, 0.15) is 44.6 Å². The third kappa shape index (κ3) is 8.77. The zero-order chi connectivity index (χ0) is 27.5. The molecule has 3 unspecified atom stereocenters. The molecule has 1 aromatic rings. The molecule has 1 aromatic carbocycles. The van der Waals surface area contributed by atoms with Gasteiger partial charge in [-0.3, -0.25) is 14.9 Å². The van der Waals surface area contributed by atoms with Crippen molar-refractivity contribution in [2.45, 2.75) is 67.7 Å². The Morgan fingerprint density at radius 3 is 2.53 bits per heavy atom. The van der Waals surface area contributed by atoms with Crippen LogP contribution >= 0.6 is 23.5 Å². The fraction of sp³-hybridized carbons (Fsp3) is 0.640. The van der Waals surface area contributed by atoms with Crippen molar-refractivity contribution >= 4 is 41.4 Å². The molecular weight excluding hydrogens is 534 g/mol. The van der Waals surface area contributed by atoms with E-state index in [4.69, 9.17) is 4.74 Å². The summed E-state index contributed by atoms with van der Waals surface area (Å²) in [5.74, 6) is 0.0557. The van der Waals surface area contributed by atoms with Crippen molar-refractivity contribution in [3.63, 3.8) is 0 Å². The summed E-state index contributed by atoms with van der Waals surface area (Å²) in [6.07, 6.45) is 2.96. The van der Waals surface area contributed by atoms with E-state index in [1.807, 2.05) is 30.3 Å². The van der Waals surface area contributed by atoms with Crippen LogP contribution in [0.5, 0.6) is 0 Å². The SMILES string of the molecule is CC(NC(CCc1ccccc1)C(=O)O)C(=O)N1CC2(CC1C(=O)OCCCCCO[N+](=O)[O-])SCCS2. The van der Waals surface area contributed by atoms with Gasteiger partial charge in [-0.1, -0.05) is 30.3 Å². The molecule has 1 amide bonds. The van der Waals surface area contributed by atoms with Gasteiger partial charge in [0.05, 0.1) is 23.3 Å². The molecule has 13 heteroatoms. The summed E-state index contributed by atoms with van der Waals surface area (Å²) >= 11 is 3.50. The summed E-state index contributed by atoms with van der Waals surface area (Å²) in [4.78, 5) is 54.5. The van der Waals surface area contributed by atoms with Gasteiger partial charge in [0.25, 0.3) is 5.09 Å². The van der Waals surface area contributed by atoms with E-state index in [0.717, 1.165) is 17.1 Å². The molecule has 0 aliphatic carbocycles. The second-order valence-corrected chi connectivity index (χ2v) is 12.6. The molecule has 2 aliphatic heterocycles. The number of aryl methyl sites for hydroxylation is 1. The maximum Gasteiger partial charge on any atom is 0.328 e. The van der Waals surface area contributed by atoms with Crippen LogP contribution in [0.2, 0.25) is 0 Å². The van der Waals surface area contributed by atoms with Crippen molar-refractivity contribution in [3.05, 3.63) is 46.0 Å². The van der Waals surface area contributed by atoms with Crippen LogP contribution in [0.4, 0.5) is 0 Å². The molecule has 2 fully saturated rings. The highest BCUT2D eigenvalue weighted by molar-refractivity contribution is 8.21. The van der Waals surface area contributed by atoms with Crippen molar-refractivity contribution < 1.29 is 34.2 Å². The summed E-state index contributed by atoms with van der Waals surface area (Å²) in [5.41, 5.74) is 1.02. The normalized spacial score (nSPS) is 19.7. The van der Waals surface area contributed by atoms with Gasteiger partial charge in [0.2, 0.25) is 5.91 Å². The van der Waals surface area contributed by atoms with Gasteiger partial charge in [-0.15, -0.1) is 33.6 Å². The minimum absolute atomic E-state index is 0.00358. The fourth-order valence-corrected chi connectivity index (χ4v) is 7.89. The number of carbonyl (C=O) groups excluding carboxylic acids is 2. The maximum atomic E-state index is 13.5. The van der Waals surface area contributed by atoms with Crippen LogP contribution in [0.3, 0.4) is 0 Å². The van der Waals surface area contributed by atoms with E-state index >= 15 is 0 Å². The highest BCUT2D eigenvalue weighted by atomic mass is 32.2. The van der Waals surface area contributed by atoms with Crippen LogP contribution in [0, 0.1) is 10.1 Å². The average molecular weight is 570 g/mol. The number of carboxylic acids is 1. The number of likely N-dealkylation sites (tertiary alicyclic amines) is 1. The van der Waals surface area contributed by atoms with E-state index in [0.29, 0.717) is 45.1 Å². The lowest BCUT2D eigenvalue weighted by molar-refractivity contribution is -0.757.